The van der Waals surface area contributed by atoms with Crippen molar-refractivity contribution in [3.8, 4) is 0 Å². The maximum atomic E-state index is 5.46. The zero-order valence-electron chi connectivity index (χ0n) is 7.04. The molecule has 0 fully saturated rings. The molecular formula is C9H10INO. The van der Waals surface area contributed by atoms with E-state index in [-0.39, 0.29) is 24.0 Å². The minimum atomic E-state index is 0. The first kappa shape index (κ1) is 9.51. The summed E-state index contributed by atoms with van der Waals surface area (Å²) in [5, 5.41) is 0. The SMILES string of the molecule is Cc1oc2ccccc2[n+]1C.[I-]. The summed E-state index contributed by atoms with van der Waals surface area (Å²) in [7, 11) is 2.00. The maximum absolute atomic E-state index is 5.46. The maximum Gasteiger partial charge on any atom is 0.344 e. The van der Waals surface area contributed by atoms with Crippen LogP contribution in [-0.2, 0) is 7.05 Å². The van der Waals surface area contributed by atoms with Crippen LogP contribution < -0.4 is 28.5 Å². The van der Waals surface area contributed by atoms with Crippen molar-refractivity contribution >= 4 is 11.1 Å². The summed E-state index contributed by atoms with van der Waals surface area (Å²) in [5.74, 6) is 0.936. The molecule has 1 heterocycles. The Bertz CT molecular complexity index is 394. The standard InChI is InChI=1S/C9H10NO.HI/c1-7-10(2)8-5-3-4-6-9(8)11-7;/h3-6H,1-2H3;1H/q+1;/p-1. The fraction of sp³-hybridized carbons (Fsp3) is 0.222. The van der Waals surface area contributed by atoms with E-state index in [0.29, 0.717) is 0 Å². The third-order valence-electron chi connectivity index (χ3n) is 1.96. The van der Waals surface area contributed by atoms with E-state index < -0.39 is 0 Å². The van der Waals surface area contributed by atoms with Gasteiger partial charge in [-0.1, -0.05) is 12.1 Å². The van der Waals surface area contributed by atoms with Crippen LogP contribution in [0.15, 0.2) is 28.7 Å². The number of aryl methyl sites for hydroxylation is 2. The molecule has 0 aliphatic heterocycles. The monoisotopic (exact) mass is 275 g/mol. The van der Waals surface area contributed by atoms with Crippen LogP contribution in [0, 0.1) is 6.92 Å². The number of aromatic nitrogens is 1. The second kappa shape index (κ2) is 3.43. The van der Waals surface area contributed by atoms with Crippen LogP contribution in [0.5, 0.6) is 0 Å². The number of hydrogen-bond acceptors (Lipinski definition) is 1. The molecule has 64 valence electrons. The number of nitrogens with zero attached hydrogens (tertiary/aromatic N) is 1. The normalized spacial score (nSPS) is 9.83. The quantitative estimate of drug-likeness (QED) is 0.425. The van der Waals surface area contributed by atoms with Crippen LogP contribution in [0.1, 0.15) is 5.89 Å². The molecule has 1 aromatic heterocycles. The van der Waals surface area contributed by atoms with Gasteiger partial charge in [-0.3, -0.25) is 0 Å². The number of benzene rings is 1. The van der Waals surface area contributed by atoms with Crippen molar-refractivity contribution < 1.29 is 33.0 Å². The van der Waals surface area contributed by atoms with Crippen LogP contribution in [0.25, 0.3) is 11.1 Å². The minimum Gasteiger partial charge on any atom is -1.00 e. The van der Waals surface area contributed by atoms with Crippen molar-refractivity contribution in [1.82, 2.24) is 0 Å². The first-order valence-corrected chi connectivity index (χ1v) is 3.63. The Hall–Kier alpha value is -0.580. The molecule has 0 spiro atoms. The van der Waals surface area contributed by atoms with Gasteiger partial charge in [-0.2, -0.15) is 4.57 Å². The second-order valence-electron chi connectivity index (χ2n) is 2.65. The molecule has 2 aromatic rings. The van der Waals surface area contributed by atoms with Crippen molar-refractivity contribution in [1.29, 1.82) is 0 Å². The lowest BCUT2D eigenvalue weighted by Crippen LogP contribution is -3.00. The summed E-state index contributed by atoms with van der Waals surface area (Å²) < 4.78 is 7.50. The van der Waals surface area contributed by atoms with Gasteiger partial charge in [-0.25, -0.2) is 0 Å². The van der Waals surface area contributed by atoms with E-state index in [2.05, 4.69) is 0 Å². The van der Waals surface area contributed by atoms with E-state index in [0.717, 1.165) is 17.0 Å². The van der Waals surface area contributed by atoms with Crippen LogP contribution in [-0.4, -0.2) is 0 Å². The highest BCUT2D eigenvalue weighted by Crippen LogP contribution is 2.10. The van der Waals surface area contributed by atoms with E-state index in [1.807, 2.05) is 42.8 Å². The average Bonchev–Trinajstić information content (AvgIpc) is 2.30. The van der Waals surface area contributed by atoms with Gasteiger partial charge >= 0.3 is 5.89 Å². The number of rotatable bonds is 0. The highest BCUT2D eigenvalue weighted by atomic mass is 127. The van der Waals surface area contributed by atoms with Crippen molar-refractivity contribution in [3.63, 3.8) is 0 Å². The fourth-order valence-corrected chi connectivity index (χ4v) is 1.22. The van der Waals surface area contributed by atoms with Gasteiger partial charge in [0.05, 0.1) is 6.92 Å². The van der Waals surface area contributed by atoms with Crippen molar-refractivity contribution in [2.75, 3.05) is 0 Å². The van der Waals surface area contributed by atoms with E-state index >= 15 is 0 Å². The number of halogens is 1. The summed E-state index contributed by atoms with van der Waals surface area (Å²) in [5.41, 5.74) is 2.09. The summed E-state index contributed by atoms with van der Waals surface area (Å²) >= 11 is 0. The molecule has 0 bridgehead atoms. The van der Waals surface area contributed by atoms with E-state index in [4.69, 9.17) is 4.42 Å². The molecule has 0 aliphatic rings. The van der Waals surface area contributed by atoms with Gasteiger partial charge in [0, 0.05) is 6.07 Å². The molecule has 1 aromatic carbocycles. The second-order valence-corrected chi connectivity index (χ2v) is 2.65. The van der Waals surface area contributed by atoms with E-state index in [1.54, 1.807) is 0 Å². The third-order valence-corrected chi connectivity index (χ3v) is 1.96. The molecule has 0 saturated carbocycles. The highest BCUT2D eigenvalue weighted by molar-refractivity contribution is 5.68. The van der Waals surface area contributed by atoms with Crippen molar-refractivity contribution in [2.24, 2.45) is 7.05 Å². The lowest BCUT2D eigenvalue weighted by atomic mass is 10.3. The van der Waals surface area contributed by atoms with E-state index in [1.165, 1.54) is 0 Å². The highest BCUT2D eigenvalue weighted by Gasteiger charge is 2.12. The third kappa shape index (κ3) is 1.33. The topological polar surface area (TPSA) is 17.0 Å². The minimum absolute atomic E-state index is 0. The smallest absolute Gasteiger partial charge is 0.344 e. The largest absolute Gasteiger partial charge is 1.00 e. The Morgan fingerprint density at radius 1 is 1.25 bits per heavy atom. The number of fused-ring (bicyclic) bond motifs is 1. The molecule has 0 N–H and O–H groups in total. The van der Waals surface area contributed by atoms with Crippen molar-refractivity contribution in [3.05, 3.63) is 30.2 Å². The van der Waals surface area contributed by atoms with Crippen LogP contribution in [0.3, 0.4) is 0 Å². The molecule has 3 heteroatoms. The van der Waals surface area contributed by atoms with Crippen molar-refractivity contribution in [2.45, 2.75) is 6.92 Å². The van der Waals surface area contributed by atoms with Gasteiger partial charge in [0.1, 0.15) is 7.05 Å². The van der Waals surface area contributed by atoms with Crippen LogP contribution >= 0.6 is 0 Å². The lowest BCUT2D eigenvalue weighted by molar-refractivity contribution is -0.657. The summed E-state index contributed by atoms with van der Waals surface area (Å²) in [6.07, 6.45) is 0. The Morgan fingerprint density at radius 3 is 2.58 bits per heavy atom. The summed E-state index contributed by atoms with van der Waals surface area (Å²) in [6.45, 7) is 1.96. The fourth-order valence-electron chi connectivity index (χ4n) is 1.22. The van der Waals surface area contributed by atoms with Crippen LogP contribution in [0.4, 0.5) is 0 Å². The van der Waals surface area contributed by atoms with E-state index in [9.17, 15) is 0 Å². The molecule has 0 radical (unpaired) electrons. The van der Waals surface area contributed by atoms with Gasteiger partial charge in [0.25, 0.3) is 5.52 Å². The first-order valence-electron chi connectivity index (χ1n) is 3.63. The first-order chi connectivity index (χ1) is 5.29. The molecule has 0 amide bonds. The molecule has 2 nitrogen and oxygen atoms in total. The summed E-state index contributed by atoms with van der Waals surface area (Å²) in [4.78, 5) is 0. The molecule has 12 heavy (non-hydrogen) atoms. The Labute approximate surface area is 88.2 Å². The zero-order chi connectivity index (χ0) is 7.84. The number of hydrogen-bond donors (Lipinski definition) is 0. The number of para-hydroxylation sites is 2. The zero-order valence-corrected chi connectivity index (χ0v) is 9.20. The molecule has 2 rings (SSSR count). The molecule has 0 aliphatic carbocycles. The Balaban J connectivity index is 0.000000720. The van der Waals surface area contributed by atoms with Gasteiger partial charge in [0.15, 0.2) is 0 Å². The predicted octanol–water partition coefficient (Wildman–Crippen LogP) is -1.43. The predicted molar refractivity (Wildman–Crippen MR) is 42.1 cm³/mol. The average molecular weight is 275 g/mol. The van der Waals surface area contributed by atoms with Gasteiger partial charge in [0.2, 0.25) is 5.58 Å². The number of oxazole rings is 1. The lowest BCUT2D eigenvalue weighted by Gasteiger charge is -1.79. The Morgan fingerprint density at radius 2 is 1.92 bits per heavy atom. The van der Waals surface area contributed by atoms with Crippen LogP contribution in [0.2, 0.25) is 0 Å². The molecule has 0 atom stereocenters. The van der Waals surface area contributed by atoms with Gasteiger partial charge in [-0.15, -0.1) is 0 Å². The molecule has 0 saturated heterocycles. The Kier molecular flexibility index (Phi) is 2.72. The summed E-state index contributed by atoms with van der Waals surface area (Å²) in [6, 6.07) is 8.01. The van der Waals surface area contributed by atoms with Gasteiger partial charge in [-0.05, 0) is 6.07 Å². The van der Waals surface area contributed by atoms with Gasteiger partial charge < -0.3 is 28.4 Å². The molecule has 0 unspecified atom stereocenters. The molecular weight excluding hydrogens is 265 g/mol.